The molecule has 0 spiro atoms. The van der Waals surface area contributed by atoms with Crippen LogP contribution in [0.4, 0.5) is 15.8 Å². The number of benzene rings is 1. The fourth-order valence-electron chi connectivity index (χ4n) is 1.53. The van der Waals surface area contributed by atoms with Crippen LogP contribution in [0.1, 0.15) is 18.8 Å². The number of hydrogen-bond donors (Lipinski definition) is 2. The number of nitrogens with one attached hydrogen (secondary N) is 2. The number of nitro benzene ring substituents is 1. The molecule has 0 saturated carbocycles. The van der Waals surface area contributed by atoms with E-state index in [1.165, 1.54) is 12.4 Å². The molecule has 9 heteroatoms. The highest BCUT2D eigenvalue weighted by molar-refractivity contribution is 9.10. The number of aromatic nitrogens is 3. The van der Waals surface area contributed by atoms with Gasteiger partial charge in [0.25, 0.3) is 5.69 Å². The number of halogens is 2. The highest BCUT2D eigenvalue weighted by atomic mass is 79.9. The maximum atomic E-state index is 13.3. The van der Waals surface area contributed by atoms with Crippen molar-refractivity contribution >= 4 is 27.3 Å². The average molecular weight is 330 g/mol. The molecule has 0 aliphatic heterocycles. The Kier molecular flexibility index (Phi) is 3.74. The van der Waals surface area contributed by atoms with Crippen LogP contribution in [0.2, 0.25) is 0 Å². The second-order valence-corrected chi connectivity index (χ2v) is 4.63. The summed E-state index contributed by atoms with van der Waals surface area (Å²) >= 11 is 2.99. The van der Waals surface area contributed by atoms with E-state index in [0.717, 1.165) is 6.07 Å². The summed E-state index contributed by atoms with van der Waals surface area (Å²) in [7, 11) is 0. The van der Waals surface area contributed by atoms with Crippen LogP contribution in [0, 0.1) is 15.9 Å². The molecule has 19 heavy (non-hydrogen) atoms. The van der Waals surface area contributed by atoms with Crippen LogP contribution in [0.15, 0.2) is 22.9 Å². The number of H-pyrrole nitrogens is 1. The van der Waals surface area contributed by atoms with Gasteiger partial charge in [0, 0.05) is 0 Å². The van der Waals surface area contributed by atoms with Crippen LogP contribution >= 0.6 is 15.9 Å². The second kappa shape index (κ2) is 5.31. The molecule has 0 aliphatic rings. The van der Waals surface area contributed by atoms with Gasteiger partial charge in [-0.25, -0.2) is 9.37 Å². The average Bonchev–Trinajstić information content (AvgIpc) is 2.86. The van der Waals surface area contributed by atoms with Gasteiger partial charge < -0.3 is 5.32 Å². The van der Waals surface area contributed by atoms with Crippen LogP contribution in [0.25, 0.3) is 0 Å². The molecule has 7 nitrogen and oxygen atoms in total. The molecule has 0 amide bonds. The first-order valence-electron chi connectivity index (χ1n) is 5.24. The normalized spacial score (nSPS) is 12.2. The minimum atomic E-state index is -0.690. The Labute approximate surface area is 115 Å². The number of rotatable bonds is 4. The Hall–Kier alpha value is -2.03. The fourth-order valence-corrected chi connectivity index (χ4v) is 1.87. The minimum Gasteiger partial charge on any atom is -0.370 e. The van der Waals surface area contributed by atoms with Gasteiger partial charge in [0.1, 0.15) is 23.7 Å². The second-order valence-electron chi connectivity index (χ2n) is 3.78. The first-order valence-corrected chi connectivity index (χ1v) is 6.03. The third-order valence-corrected chi connectivity index (χ3v) is 3.06. The van der Waals surface area contributed by atoms with Gasteiger partial charge in [-0.05, 0) is 28.9 Å². The van der Waals surface area contributed by atoms with Crippen molar-refractivity contribution in [3.05, 3.63) is 44.7 Å². The van der Waals surface area contributed by atoms with Crippen LogP contribution in [0.5, 0.6) is 0 Å². The molecule has 2 N–H and O–H groups in total. The lowest BCUT2D eigenvalue weighted by Crippen LogP contribution is -2.10. The lowest BCUT2D eigenvalue weighted by molar-refractivity contribution is -0.384. The van der Waals surface area contributed by atoms with E-state index in [9.17, 15) is 14.5 Å². The Morgan fingerprint density at radius 2 is 2.32 bits per heavy atom. The van der Waals surface area contributed by atoms with Gasteiger partial charge in [-0.15, -0.1) is 0 Å². The van der Waals surface area contributed by atoms with Gasteiger partial charge >= 0.3 is 0 Å². The van der Waals surface area contributed by atoms with Crippen molar-refractivity contribution in [3.8, 4) is 0 Å². The number of nitro groups is 1. The molecule has 0 bridgehead atoms. The maximum Gasteiger partial charge on any atom is 0.295 e. The van der Waals surface area contributed by atoms with Crippen LogP contribution in [-0.2, 0) is 0 Å². The summed E-state index contributed by atoms with van der Waals surface area (Å²) in [5.74, 6) is -0.167. The van der Waals surface area contributed by atoms with Crippen molar-refractivity contribution in [1.29, 1.82) is 0 Å². The third-order valence-electron chi connectivity index (χ3n) is 2.45. The van der Waals surface area contributed by atoms with E-state index in [-0.39, 0.29) is 21.9 Å². The highest BCUT2D eigenvalue weighted by Crippen LogP contribution is 2.32. The molecule has 0 saturated heterocycles. The minimum absolute atomic E-state index is 0.144. The summed E-state index contributed by atoms with van der Waals surface area (Å²) < 4.78 is 13.5. The molecule has 1 atom stereocenters. The van der Waals surface area contributed by atoms with Crippen molar-refractivity contribution in [1.82, 2.24) is 15.2 Å². The zero-order chi connectivity index (χ0) is 14.0. The zero-order valence-electron chi connectivity index (χ0n) is 9.72. The zero-order valence-corrected chi connectivity index (χ0v) is 11.3. The number of aromatic amines is 1. The summed E-state index contributed by atoms with van der Waals surface area (Å²) in [5, 5.41) is 20.1. The van der Waals surface area contributed by atoms with Gasteiger partial charge in [0.05, 0.1) is 21.5 Å². The van der Waals surface area contributed by atoms with Crippen molar-refractivity contribution in [3.63, 3.8) is 0 Å². The van der Waals surface area contributed by atoms with E-state index in [2.05, 4.69) is 36.4 Å². The SMILES string of the molecule is CC(Nc1cc(Br)c(F)cc1[N+](=O)[O-])c1ncn[nH]1. The molecule has 1 unspecified atom stereocenters. The van der Waals surface area contributed by atoms with Crippen LogP contribution in [-0.4, -0.2) is 20.1 Å². The van der Waals surface area contributed by atoms with Crippen molar-refractivity contribution in [2.75, 3.05) is 5.32 Å². The standard InChI is InChI=1S/C10H9BrFN5O2/c1-5(10-13-4-14-16-10)15-8-2-6(11)7(12)3-9(8)17(18)19/h2-5,15H,1H3,(H,13,14,16). The highest BCUT2D eigenvalue weighted by Gasteiger charge is 2.20. The van der Waals surface area contributed by atoms with Gasteiger partial charge in [-0.2, -0.15) is 5.10 Å². The Morgan fingerprint density at radius 3 is 2.89 bits per heavy atom. The number of anilines is 1. The first kappa shape index (κ1) is 13.4. The first-order chi connectivity index (χ1) is 8.99. The van der Waals surface area contributed by atoms with Gasteiger partial charge in [0.15, 0.2) is 0 Å². The smallest absolute Gasteiger partial charge is 0.295 e. The molecule has 1 heterocycles. The Bertz CT molecular complexity index is 604. The van der Waals surface area contributed by atoms with Gasteiger partial charge in [0.2, 0.25) is 0 Å². The summed E-state index contributed by atoms with van der Waals surface area (Å²) in [5.41, 5.74) is -0.144. The van der Waals surface area contributed by atoms with E-state index in [1.54, 1.807) is 6.92 Å². The molecule has 2 rings (SSSR count). The third kappa shape index (κ3) is 2.87. The van der Waals surface area contributed by atoms with E-state index >= 15 is 0 Å². The molecule has 0 fully saturated rings. The van der Waals surface area contributed by atoms with E-state index in [1.807, 2.05) is 0 Å². The quantitative estimate of drug-likeness (QED) is 0.664. The fraction of sp³-hybridized carbons (Fsp3) is 0.200. The molecule has 100 valence electrons. The lowest BCUT2D eigenvalue weighted by atomic mass is 10.2. The van der Waals surface area contributed by atoms with Crippen molar-refractivity contribution in [2.45, 2.75) is 13.0 Å². The molecule has 1 aromatic carbocycles. The Balaban J connectivity index is 2.33. The number of hydrogen-bond acceptors (Lipinski definition) is 5. The molecule has 0 aliphatic carbocycles. The molecular weight excluding hydrogens is 321 g/mol. The summed E-state index contributed by atoms with van der Waals surface area (Å²) in [6.07, 6.45) is 1.34. The monoisotopic (exact) mass is 329 g/mol. The number of nitrogens with zero attached hydrogens (tertiary/aromatic N) is 3. The maximum absolute atomic E-state index is 13.3. The molecule has 0 radical (unpaired) electrons. The van der Waals surface area contributed by atoms with Crippen molar-refractivity contribution < 1.29 is 9.31 Å². The van der Waals surface area contributed by atoms with Crippen molar-refractivity contribution in [2.24, 2.45) is 0 Å². The van der Waals surface area contributed by atoms with Crippen LogP contribution < -0.4 is 5.32 Å². The lowest BCUT2D eigenvalue weighted by Gasteiger charge is -2.13. The van der Waals surface area contributed by atoms with Gasteiger partial charge in [-0.1, -0.05) is 0 Å². The molecule has 1 aromatic heterocycles. The largest absolute Gasteiger partial charge is 0.370 e. The summed E-state index contributed by atoms with van der Waals surface area (Å²) in [6, 6.07) is 1.85. The predicted molar refractivity (Wildman–Crippen MR) is 69.2 cm³/mol. The van der Waals surface area contributed by atoms with Gasteiger partial charge in [-0.3, -0.25) is 15.2 Å². The van der Waals surface area contributed by atoms with E-state index in [0.29, 0.717) is 5.82 Å². The van der Waals surface area contributed by atoms with Crippen LogP contribution in [0.3, 0.4) is 0 Å². The Morgan fingerprint density at radius 1 is 1.58 bits per heavy atom. The van der Waals surface area contributed by atoms with E-state index in [4.69, 9.17) is 0 Å². The topological polar surface area (TPSA) is 96.7 Å². The summed E-state index contributed by atoms with van der Waals surface area (Å²) in [4.78, 5) is 14.2. The predicted octanol–water partition coefficient (Wildman–Crippen LogP) is 2.79. The summed E-state index contributed by atoms with van der Waals surface area (Å²) in [6.45, 7) is 1.75. The molecule has 2 aromatic rings. The van der Waals surface area contributed by atoms with E-state index < -0.39 is 10.7 Å². The molecular formula is C10H9BrFN5O2.